The predicted octanol–water partition coefficient (Wildman–Crippen LogP) is 1.27. The van der Waals surface area contributed by atoms with E-state index in [1.165, 1.54) is 16.1 Å². The molecule has 1 aliphatic carbocycles. The van der Waals surface area contributed by atoms with Crippen LogP contribution in [-0.2, 0) is 10.0 Å². The highest BCUT2D eigenvalue weighted by Gasteiger charge is 2.39. The number of rotatable bonds is 4. The number of carbonyl (C=O) groups is 1. The molecule has 23 heavy (non-hydrogen) atoms. The third-order valence-electron chi connectivity index (χ3n) is 4.59. The van der Waals surface area contributed by atoms with Gasteiger partial charge in [-0.05, 0) is 24.8 Å². The average Bonchev–Trinajstić information content (AvgIpc) is 3.27. The maximum absolute atomic E-state index is 12.1. The van der Waals surface area contributed by atoms with Gasteiger partial charge in [0.1, 0.15) is 0 Å². The molecule has 0 radical (unpaired) electrons. The summed E-state index contributed by atoms with van der Waals surface area (Å²) in [5, 5.41) is 5.97. The van der Waals surface area contributed by atoms with Crippen LogP contribution in [0.2, 0.25) is 0 Å². The minimum Gasteiger partial charge on any atom is -0.335 e. The van der Waals surface area contributed by atoms with Crippen LogP contribution < -0.4 is 10.6 Å². The van der Waals surface area contributed by atoms with Crippen LogP contribution in [0, 0.1) is 0 Å². The minimum absolute atomic E-state index is 0.0434. The lowest BCUT2D eigenvalue weighted by Gasteiger charge is -2.30. The van der Waals surface area contributed by atoms with E-state index in [-0.39, 0.29) is 18.1 Å². The number of amides is 2. The summed E-state index contributed by atoms with van der Waals surface area (Å²) in [5.41, 5.74) is 1.26. The van der Waals surface area contributed by atoms with E-state index in [9.17, 15) is 13.2 Å². The first-order valence-corrected chi connectivity index (χ1v) is 9.85. The Labute approximate surface area is 137 Å². The first-order chi connectivity index (χ1) is 10.9. The predicted molar refractivity (Wildman–Crippen MR) is 88.7 cm³/mol. The SMILES string of the molecule is CS(=O)(=O)N1CCC(NC(=O)NC2CC2c2ccccc2)CC1. The van der Waals surface area contributed by atoms with Crippen LogP contribution in [0.15, 0.2) is 30.3 Å². The van der Waals surface area contributed by atoms with Crippen LogP contribution in [0.5, 0.6) is 0 Å². The van der Waals surface area contributed by atoms with Crippen molar-refractivity contribution < 1.29 is 13.2 Å². The molecule has 1 aromatic carbocycles. The summed E-state index contributed by atoms with van der Waals surface area (Å²) in [6.45, 7) is 0.944. The fourth-order valence-electron chi connectivity index (χ4n) is 3.15. The van der Waals surface area contributed by atoms with Crippen molar-refractivity contribution in [2.24, 2.45) is 0 Å². The summed E-state index contributed by atoms with van der Waals surface area (Å²) >= 11 is 0. The number of nitrogens with zero attached hydrogens (tertiary/aromatic N) is 1. The summed E-state index contributed by atoms with van der Waals surface area (Å²) in [6, 6.07) is 10.3. The Hall–Kier alpha value is -1.60. The van der Waals surface area contributed by atoms with Crippen molar-refractivity contribution in [1.29, 1.82) is 0 Å². The fourth-order valence-corrected chi connectivity index (χ4v) is 4.02. The number of piperidine rings is 1. The van der Waals surface area contributed by atoms with Crippen molar-refractivity contribution in [2.75, 3.05) is 19.3 Å². The Morgan fingerprint density at radius 1 is 1.13 bits per heavy atom. The van der Waals surface area contributed by atoms with Gasteiger partial charge in [-0.1, -0.05) is 30.3 Å². The van der Waals surface area contributed by atoms with Gasteiger partial charge >= 0.3 is 6.03 Å². The number of urea groups is 1. The van der Waals surface area contributed by atoms with Gasteiger partial charge in [0.15, 0.2) is 0 Å². The molecule has 2 unspecified atom stereocenters. The number of hydrogen-bond donors (Lipinski definition) is 2. The smallest absolute Gasteiger partial charge is 0.315 e. The van der Waals surface area contributed by atoms with Crippen molar-refractivity contribution in [2.45, 2.75) is 37.3 Å². The highest BCUT2D eigenvalue weighted by atomic mass is 32.2. The third kappa shape index (κ3) is 4.23. The molecule has 0 bridgehead atoms. The first kappa shape index (κ1) is 16.3. The number of nitrogens with one attached hydrogen (secondary N) is 2. The van der Waals surface area contributed by atoms with Crippen LogP contribution >= 0.6 is 0 Å². The molecule has 2 N–H and O–H groups in total. The molecule has 6 nitrogen and oxygen atoms in total. The summed E-state index contributed by atoms with van der Waals surface area (Å²) in [6.07, 6.45) is 3.52. The molecule has 1 aromatic rings. The van der Waals surface area contributed by atoms with E-state index in [1.807, 2.05) is 18.2 Å². The molecular formula is C16H23N3O3S. The van der Waals surface area contributed by atoms with E-state index >= 15 is 0 Å². The number of sulfonamides is 1. The van der Waals surface area contributed by atoms with Gasteiger partial charge in [-0.3, -0.25) is 0 Å². The Bertz CT molecular complexity index is 654. The Balaban J connectivity index is 1.42. The quantitative estimate of drug-likeness (QED) is 0.868. The largest absolute Gasteiger partial charge is 0.335 e. The second kappa shape index (κ2) is 6.49. The molecule has 1 aliphatic heterocycles. The second-order valence-electron chi connectivity index (χ2n) is 6.41. The second-order valence-corrected chi connectivity index (χ2v) is 8.40. The monoisotopic (exact) mass is 337 g/mol. The summed E-state index contributed by atoms with van der Waals surface area (Å²) in [4.78, 5) is 12.1. The van der Waals surface area contributed by atoms with Crippen LogP contribution in [0.25, 0.3) is 0 Å². The molecule has 2 fully saturated rings. The van der Waals surface area contributed by atoms with Gasteiger partial charge in [0.05, 0.1) is 6.26 Å². The molecule has 2 amide bonds. The van der Waals surface area contributed by atoms with Gasteiger partial charge in [-0.25, -0.2) is 17.5 Å². The molecule has 7 heteroatoms. The zero-order valence-corrected chi connectivity index (χ0v) is 14.1. The van der Waals surface area contributed by atoms with Crippen LogP contribution in [0.1, 0.15) is 30.7 Å². The highest BCUT2D eigenvalue weighted by molar-refractivity contribution is 7.88. The van der Waals surface area contributed by atoms with Crippen molar-refractivity contribution in [3.8, 4) is 0 Å². The van der Waals surface area contributed by atoms with Crippen LogP contribution in [0.3, 0.4) is 0 Å². The molecule has 0 spiro atoms. The fraction of sp³-hybridized carbons (Fsp3) is 0.562. The summed E-state index contributed by atoms with van der Waals surface area (Å²) < 4.78 is 24.4. The van der Waals surface area contributed by atoms with Gasteiger partial charge < -0.3 is 10.6 Å². The average molecular weight is 337 g/mol. The third-order valence-corrected chi connectivity index (χ3v) is 5.90. The maximum atomic E-state index is 12.1. The summed E-state index contributed by atoms with van der Waals surface area (Å²) in [7, 11) is -3.12. The van der Waals surface area contributed by atoms with E-state index < -0.39 is 10.0 Å². The number of benzene rings is 1. The van der Waals surface area contributed by atoms with E-state index in [4.69, 9.17) is 0 Å². The molecule has 1 saturated heterocycles. The van der Waals surface area contributed by atoms with Gasteiger partial charge in [-0.15, -0.1) is 0 Å². The lowest BCUT2D eigenvalue weighted by atomic mass is 10.1. The Kier molecular flexibility index (Phi) is 4.59. The highest BCUT2D eigenvalue weighted by Crippen LogP contribution is 2.40. The van der Waals surface area contributed by atoms with Crippen LogP contribution in [0.4, 0.5) is 4.79 Å². The summed E-state index contributed by atoms with van der Waals surface area (Å²) in [5.74, 6) is 0.411. The molecule has 3 rings (SSSR count). The zero-order chi connectivity index (χ0) is 16.4. The Morgan fingerprint density at radius 3 is 2.39 bits per heavy atom. The lowest BCUT2D eigenvalue weighted by molar-refractivity contribution is 0.227. The lowest BCUT2D eigenvalue weighted by Crippen LogP contribution is -2.49. The van der Waals surface area contributed by atoms with Crippen molar-refractivity contribution in [3.05, 3.63) is 35.9 Å². The van der Waals surface area contributed by atoms with E-state index in [1.54, 1.807) is 0 Å². The molecule has 1 saturated carbocycles. The Morgan fingerprint density at radius 2 is 1.78 bits per heavy atom. The van der Waals surface area contributed by atoms with Crippen molar-refractivity contribution >= 4 is 16.1 Å². The maximum Gasteiger partial charge on any atom is 0.315 e. The van der Waals surface area contributed by atoms with Gasteiger partial charge in [0.25, 0.3) is 0 Å². The molecule has 2 aliphatic rings. The number of carbonyl (C=O) groups excluding carboxylic acids is 1. The standard InChI is InChI=1S/C16H23N3O3S/c1-23(21,22)19-9-7-13(8-10-19)17-16(20)18-15-11-14(15)12-5-3-2-4-6-12/h2-6,13-15H,7-11H2,1H3,(H2,17,18,20). The van der Waals surface area contributed by atoms with E-state index in [0.717, 1.165) is 6.42 Å². The first-order valence-electron chi connectivity index (χ1n) is 8.00. The van der Waals surface area contributed by atoms with Crippen molar-refractivity contribution in [1.82, 2.24) is 14.9 Å². The minimum atomic E-state index is -3.12. The van der Waals surface area contributed by atoms with Gasteiger partial charge in [-0.2, -0.15) is 0 Å². The molecular weight excluding hydrogens is 314 g/mol. The normalized spacial score (nSPS) is 25.8. The van der Waals surface area contributed by atoms with E-state index in [2.05, 4.69) is 22.8 Å². The molecule has 2 atom stereocenters. The molecule has 0 aromatic heterocycles. The van der Waals surface area contributed by atoms with Gasteiger partial charge in [0.2, 0.25) is 10.0 Å². The van der Waals surface area contributed by atoms with Crippen LogP contribution in [-0.4, -0.2) is 50.2 Å². The van der Waals surface area contributed by atoms with Gasteiger partial charge in [0, 0.05) is 31.1 Å². The molecule has 126 valence electrons. The van der Waals surface area contributed by atoms with Crippen molar-refractivity contribution in [3.63, 3.8) is 0 Å². The molecule has 1 heterocycles. The zero-order valence-electron chi connectivity index (χ0n) is 13.2. The van der Waals surface area contributed by atoms with E-state index in [0.29, 0.717) is 31.8 Å². The number of hydrogen-bond acceptors (Lipinski definition) is 3. The topological polar surface area (TPSA) is 78.5 Å².